The zero-order chi connectivity index (χ0) is 32.2. The molecule has 0 rings (SSSR count). The quantitative estimate of drug-likeness (QED) is 0.248. The minimum Gasteiger partial charge on any atom is -0.251 e. The van der Waals surface area contributed by atoms with Crippen LogP contribution in [-0.2, 0) is 0 Å². The van der Waals surface area contributed by atoms with Crippen LogP contribution in [0.4, 0.5) is 70.2 Å². The minimum atomic E-state index is -5.24. The number of alkyl halides is 16. The van der Waals surface area contributed by atoms with E-state index in [1.807, 2.05) is 0 Å². The summed E-state index contributed by atoms with van der Waals surface area (Å²) in [7, 11) is 0. The van der Waals surface area contributed by atoms with Crippen molar-refractivity contribution >= 4 is 0 Å². The summed E-state index contributed by atoms with van der Waals surface area (Å²) < 4.78 is 179. The maximum atomic E-state index is 11.9. The van der Waals surface area contributed by atoms with Gasteiger partial charge in [-0.2, -0.15) is 39.5 Å². The van der Waals surface area contributed by atoms with Crippen molar-refractivity contribution in [3.8, 4) is 0 Å². The van der Waals surface area contributed by atoms with Crippen molar-refractivity contribution < 1.29 is 70.2 Å². The highest BCUT2D eigenvalue weighted by Crippen LogP contribution is 2.51. The Kier molecular flexibility index (Phi) is 344. The highest BCUT2D eigenvalue weighted by Gasteiger charge is 2.66. The van der Waals surface area contributed by atoms with Gasteiger partial charge in [-0.1, -0.05) is 148 Å². The molecule has 0 amide bonds. The normalized spacial score (nSPS) is 7.42. The lowest BCUT2D eigenvalue weighted by molar-refractivity contribution is -0.335. The van der Waals surface area contributed by atoms with Crippen molar-refractivity contribution in [3.63, 3.8) is 0 Å². The van der Waals surface area contributed by atoms with Crippen molar-refractivity contribution in [1.82, 2.24) is 0 Å². The second-order valence-corrected chi connectivity index (χ2v) is 6.30. The Labute approximate surface area is 341 Å². The van der Waals surface area contributed by atoms with E-state index in [0.29, 0.717) is 6.42 Å². The van der Waals surface area contributed by atoms with Gasteiger partial charge in [-0.15, -0.1) is 0 Å². The zero-order valence-corrected chi connectivity index (χ0v) is 22.2. The van der Waals surface area contributed by atoms with E-state index < -0.39 is 42.7 Å². The summed E-state index contributed by atoms with van der Waals surface area (Å²) in [5.41, 5.74) is -3.58. The summed E-state index contributed by atoms with van der Waals surface area (Å²) in [5.74, 6) is -3.64. The molecule has 0 aromatic carbocycles. The maximum absolute atomic E-state index is 11.9. The summed E-state index contributed by atoms with van der Waals surface area (Å²) in [6.45, 7) is 7.72. The van der Waals surface area contributed by atoms with E-state index in [2.05, 4.69) is 0 Å². The van der Waals surface area contributed by atoms with E-state index in [1.54, 1.807) is 6.92 Å². The molecule has 0 aliphatic carbocycles. The Balaban J connectivity index is -0.00000000838. The highest BCUT2D eigenvalue weighted by atomic mass is 19.4. The van der Waals surface area contributed by atoms with Crippen molar-refractivity contribution in [2.24, 2.45) is 5.41 Å². The molecule has 0 heterocycles. The fraction of sp³-hybridized carbons (Fsp3) is 1.00. The average Bonchev–Trinajstić information content (AvgIpc) is 2.66. The fourth-order valence-corrected chi connectivity index (χ4v) is 0.914. The van der Waals surface area contributed by atoms with Crippen LogP contribution >= 0.6 is 0 Å². The van der Waals surface area contributed by atoms with Gasteiger partial charge in [0.2, 0.25) is 0 Å². The van der Waals surface area contributed by atoms with Gasteiger partial charge in [0.25, 0.3) is 5.92 Å². The first-order valence-corrected chi connectivity index (χ1v) is 10.7. The second kappa shape index (κ2) is 105. The van der Waals surface area contributed by atoms with Gasteiger partial charge in [-0.25, -0.2) is 8.78 Å². The number of rotatable bonds is 3. The van der Waals surface area contributed by atoms with Gasteiger partial charge in [0, 0.05) is 0 Å². The summed E-state index contributed by atoms with van der Waals surface area (Å²) >= 11 is 0. The molecule has 0 aromatic heterocycles. The highest BCUT2D eigenvalue weighted by molar-refractivity contribution is 4.87. The molecule has 0 saturated carbocycles. The van der Waals surface area contributed by atoms with Gasteiger partial charge in [-0.05, 0) is 54.4 Å². The summed E-state index contributed by atoms with van der Waals surface area (Å²) in [5, 5.41) is 0. The van der Waals surface area contributed by atoms with Gasteiger partial charge < -0.3 is 0 Å². The fourth-order valence-electron chi connectivity index (χ4n) is 0.914. The maximum Gasteiger partial charge on any atom is 0.402 e. The lowest BCUT2D eigenvalue weighted by atomic mass is 9.86. The van der Waals surface area contributed by atoms with Crippen LogP contribution in [-0.4, -0.2) is 57.8 Å². The van der Waals surface area contributed by atoms with Crippen LogP contribution in [0.3, 0.4) is 0 Å². The van der Waals surface area contributed by atoms with Crippen LogP contribution in [0.1, 0.15) is 208 Å². The summed E-state index contributed by atoms with van der Waals surface area (Å²) in [4.78, 5) is 0. The Morgan fingerprint density at radius 1 is 0.327 bits per heavy atom. The van der Waals surface area contributed by atoms with Gasteiger partial charge in [0.15, 0.2) is 5.41 Å². The van der Waals surface area contributed by atoms with Gasteiger partial charge >= 0.3 is 18.5 Å². The monoisotopic (exact) mass is 885 g/mol. The Hall–Kier alpha value is -1.12. The van der Waals surface area contributed by atoms with E-state index in [-0.39, 0.29) is 181 Å². The second-order valence-electron chi connectivity index (χ2n) is 6.30. The molecule has 0 fully saturated rings. The van der Waals surface area contributed by atoms with E-state index in [4.69, 9.17) is 0 Å². The molecule has 0 N–H and O–H groups in total. The van der Waals surface area contributed by atoms with Crippen LogP contribution in [0.15, 0.2) is 0 Å². The average molecular weight is 885 g/mol. The zero-order valence-electron chi connectivity index (χ0n) is 22.2. The standard InChI is InChI=1S/C6H8F6.C4H5F5.C3H7F.4C2H5F.18CH4/c1-3-4(2,5(7,8)9)6(10,11)12;1-3(5,6)2-4(7,8)9;1-2-3-4;4*1-2-3;;;;;;;;;;;;;;;;;;/h3H2,1-2H3;2H2,1H3;2-3H2,1H3;4*2H2,1H3;18*1H4. The molecule has 0 aliphatic heterocycles. The molecule has 16 heteroatoms. The first-order valence-electron chi connectivity index (χ1n) is 10.7. The lowest BCUT2D eigenvalue weighted by Crippen LogP contribution is -2.47. The van der Waals surface area contributed by atoms with Crippen molar-refractivity contribution in [2.45, 2.75) is 233 Å². The van der Waals surface area contributed by atoms with E-state index in [9.17, 15) is 70.2 Å². The predicted octanol–water partition coefficient (Wildman–Crippen LogP) is 22.8. The molecule has 380 valence electrons. The van der Waals surface area contributed by atoms with E-state index in [0.717, 1.165) is 6.92 Å². The lowest BCUT2D eigenvalue weighted by Gasteiger charge is -2.32. The summed E-state index contributed by atoms with van der Waals surface area (Å²) in [6.07, 6.45) is -17.6. The van der Waals surface area contributed by atoms with Crippen LogP contribution in [0.25, 0.3) is 0 Å². The molecule has 0 atom stereocenters. The van der Waals surface area contributed by atoms with Crippen molar-refractivity contribution in [1.29, 1.82) is 0 Å². The van der Waals surface area contributed by atoms with Crippen LogP contribution in [0, 0.1) is 5.41 Å². The Morgan fingerprint density at radius 3 is 0.455 bits per heavy atom. The third-order valence-electron chi connectivity index (χ3n) is 2.66. The molecule has 0 aliphatic rings. The first kappa shape index (κ1) is 181. The van der Waals surface area contributed by atoms with Gasteiger partial charge in [0.05, 0.1) is 33.4 Å². The third kappa shape index (κ3) is 189. The predicted molar refractivity (Wildman–Crippen MR) is 236 cm³/mol. The molecule has 0 radical (unpaired) electrons. The van der Waals surface area contributed by atoms with Crippen molar-refractivity contribution in [2.75, 3.05) is 33.4 Å². The molecule has 0 aromatic rings. The van der Waals surface area contributed by atoms with Crippen LogP contribution in [0.5, 0.6) is 0 Å². The molecular weight excluding hydrogens is 772 g/mol. The number of hydrogen-bond donors (Lipinski definition) is 0. The van der Waals surface area contributed by atoms with Crippen LogP contribution in [0.2, 0.25) is 0 Å². The molecule has 0 saturated heterocycles. The SMILES string of the molecule is C.C.C.C.C.C.C.C.C.C.C.C.C.C.C.C.C.C.CC(F)(F)CC(F)(F)F.CCC(C)(C(F)(F)F)C(F)(F)F.CCCF.CCF.CCF.CCF.CCF. The minimum absolute atomic E-state index is 0. The molecule has 0 bridgehead atoms. The Morgan fingerprint density at radius 2 is 0.455 bits per heavy atom. The molecule has 55 heavy (non-hydrogen) atoms. The topological polar surface area (TPSA) is 0 Å². The van der Waals surface area contributed by atoms with Gasteiger partial charge in [0.1, 0.15) is 6.42 Å². The summed E-state index contributed by atoms with van der Waals surface area (Å²) in [6, 6.07) is 0. The molecule has 0 unspecified atom stereocenters. The molecular formula is C39H112F16. The van der Waals surface area contributed by atoms with E-state index in [1.165, 1.54) is 27.7 Å². The van der Waals surface area contributed by atoms with Crippen molar-refractivity contribution in [3.05, 3.63) is 0 Å². The molecule has 0 nitrogen and oxygen atoms in total. The third-order valence-corrected chi connectivity index (χ3v) is 2.66. The first-order chi connectivity index (χ1) is 16.3. The number of halogens is 16. The largest absolute Gasteiger partial charge is 0.402 e. The smallest absolute Gasteiger partial charge is 0.251 e. The number of hydrogen-bond acceptors (Lipinski definition) is 0. The van der Waals surface area contributed by atoms with Crippen LogP contribution < -0.4 is 0 Å². The molecule has 0 spiro atoms. The van der Waals surface area contributed by atoms with E-state index >= 15 is 0 Å². The Bertz CT molecular complexity index is 371. The van der Waals surface area contributed by atoms with Gasteiger partial charge in [-0.3, -0.25) is 22.0 Å².